The summed E-state index contributed by atoms with van der Waals surface area (Å²) in [7, 11) is 0. The fourth-order valence-electron chi connectivity index (χ4n) is 0.925. The first-order valence-electron chi connectivity index (χ1n) is 4.54. The third kappa shape index (κ3) is 2.97. The van der Waals surface area contributed by atoms with E-state index in [4.69, 9.17) is 5.11 Å². The zero-order chi connectivity index (χ0) is 10.6. The second-order valence-electron chi connectivity index (χ2n) is 3.19. The normalized spacial score (nSPS) is 15.1. The van der Waals surface area contributed by atoms with Crippen LogP contribution in [0.2, 0.25) is 0 Å². The molecule has 1 aromatic heterocycles. The summed E-state index contributed by atoms with van der Waals surface area (Å²) in [5, 5.41) is 19.3. The van der Waals surface area contributed by atoms with Crippen LogP contribution in [0.4, 0.5) is 0 Å². The van der Waals surface area contributed by atoms with Gasteiger partial charge in [0.1, 0.15) is 5.03 Å². The summed E-state index contributed by atoms with van der Waals surface area (Å²) >= 11 is 1.48. The zero-order valence-corrected chi connectivity index (χ0v) is 9.16. The smallest absolute Gasteiger partial charge is 0.102 e. The number of hydrogen-bond donors (Lipinski definition) is 2. The van der Waals surface area contributed by atoms with Crippen LogP contribution >= 0.6 is 11.8 Å². The Morgan fingerprint density at radius 3 is 2.79 bits per heavy atom. The van der Waals surface area contributed by atoms with Gasteiger partial charge in [-0.15, -0.1) is 11.8 Å². The Morgan fingerprint density at radius 1 is 1.50 bits per heavy atom. The second-order valence-corrected chi connectivity index (χ2v) is 4.56. The highest BCUT2D eigenvalue weighted by Gasteiger charge is 2.13. The topological polar surface area (TPSA) is 53.4 Å². The predicted octanol–water partition coefficient (Wildman–Crippen LogP) is 1.44. The molecule has 0 aromatic carbocycles. The molecule has 0 bridgehead atoms. The molecule has 0 saturated heterocycles. The third-order valence-electron chi connectivity index (χ3n) is 2.00. The molecule has 1 heterocycles. The maximum Gasteiger partial charge on any atom is 0.102 e. The molecule has 0 fully saturated rings. The Labute approximate surface area is 88.2 Å². The SMILES string of the molecule is CC(O)C(C)Sc1ncccc1CO. The van der Waals surface area contributed by atoms with Gasteiger partial charge in [-0.05, 0) is 13.0 Å². The molecule has 3 nitrogen and oxygen atoms in total. The average Bonchev–Trinajstić information content (AvgIpc) is 2.18. The molecule has 2 N–H and O–H groups in total. The van der Waals surface area contributed by atoms with Crippen molar-refractivity contribution in [2.75, 3.05) is 0 Å². The highest BCUT2D eigenvalue weighted by molar-refractivity contribution is 7.99. The first-order chi connectivity index (χ1) is 6.65. The van der Waals surface area contributed by atoms with Gasteiger partial charge in [-0.3, -0.25) is 0 Å². The van der Waals surface area contributed by atoms with Crippen LogP contribution in [-0.4, -0.2) is 26.6 Å². The van der Waals surface area contributed by atoms with Gasteiger partial charge in [0, 0.05) is 17.0 Å². The summed E-state index contributed by atoms with van der Waals surface area (Å²) in [6.07, 6.45) is 1.31. The highest BCUT2D eigenvalue weighted by atomic mass is 32.2. The second kappa shape index (κ2) is 5.34. The number of aliphatic hydroxyl groups excluding tert-OH is 2. The molecule has 2 unspecified atom stereocenters. The zero-order valence-electron chi connectivity index (χ0n) is 8.34. The lowest BCUT2D eigenvalue weighted by atomic mass is 10.3. The lowest BCUT2D eigenvalue weighted by Gasteiger charge is -2.14. The van der Waals surface area contributed by atoms with E-state index in [1.807, 2.05) is 13.0 Å². The van der Waals surface area contributed by atoms with E-state index >= 15 is 0 Å². The van der Waals surface area contributed by atoms with Crippen molar-refractivity contribution in [3.63, 3.8) is 0 Å². The Balaban J connectivity index is 2.75. The first-order valence-corrected chi connectivity index (χ1v) is 5.42. The molecule has 1 aromatic rings. The minimum absolute atomic E-state index is 0.0112. The number of nitrogens with zero attached hydrogens (tertiary/aromatic N) is 1. The monoisotopic (exact) mass is 213 g/mol. The van der Waals surface area contributed by atoms with Gasteiger partial charge in [-0.2, -0.15) is 0 Å². The molecule has 2 atom stereocenters. The predicted molar refractivity (Wildman–Crippen MR) is 57.2 cm³/mol. The molecular formula is C10H15NO2S. The number of hydrogen-bond acceptors (Lipinski definition) is 4. The number of aliphatic hydroxyl groups is 2. The molecule has 0 spiro atoms. The number of pyridine rings is 1. The Hall–Kier alpha value is -0.580. The van der Waals surface area contributed by atoms with Crippen molar-refractivity contribution in [2.45, 2.75) is 36.8 Å². The van der Waals surface area contributed by atoms with Crippen molar-refractivity contribution in [3.8, 4) is 0 Å². The largest absolute Gasteiger partial charge is 0.392 e. The van der Waals surface area contributed by atoms with Gasteiger partial charge in [-0.1, -0.05) is 13.0 Å². The van der Waals surface area contributed by atoms with Gasteiger partial charge in [-0.25, -0.2) is 4.98 Å². The van der Waals surface area contributed by atoms with E-state index in [0.717, 1.165) is 10.6 Å². The van der Waals surface area contributed by atoms with E-state index in [2.05, 4.69) is 4.98 Å². The Morgan fingerprint density at radius 2 is 2.21 bits per heavy atom. The summed E-state index contributed by atoms with van der Waals surface area (Å²) < 4.78 is 0. The molecule has 0 amide bonds. The molecule has 0 aliphatic carbocycles. The summed E-state index contributed by atoms with van der Waals surface area (Å²) in [5.74, 6) is 0. The molecule has 0 radical (unpaired) electrons. The fourth-order valence-corrected chi connectivity index (χ4v) is 1.88. The van der Waals surface area contributed by atoms with Crippen molar-refractivity contribution in [1.29, 1.82) is 0 Å². The van der Waals surface area contributed by atoms with E-state index in [1.165, 1.54) is 11.8 Å². The van der Waals surface area contributed by atoms with E-state index in [0.29, 0.717) is 0 Å². The van der Waals surface area contributed by atoms with Crippen LogP contribution in [0.25, 0.3) is 0 Å². The van der Waals surface area contributed by atoms with Gasteiger partial charge < -0.3 is 10.2 Å². The van der Waals surface area contributed by atoms with Crippen LogP contribution in [0.15, 0.2) is 23.4 Å². The van der Waals surface area contributed by atoms with Crippen LogP contribution in [0.5, 0.6) is 0 Å². The van der Waals surface area contributed by atoms with Gasteiger partial charge in [0.2, 0.25) is 0 Å². The fraction of sp³-hybridized carbons (Fsp3) is 0.500. The minimum atomic E-state index is -0.381. The molecule has 14 heavy (non-hydrogen) atoms. The van der Waals surface area contributed by atoms with Crippen LogP contribution < -0.4 is 0 Å². The minimum Gasteiger partial charge on any atom is -0.392 e. The van der Waals surface area contributed by atoms with E-state index in [9.17, 15) is 5.11 Å². The number of rotatable bonds is 4. The third-order valence-corrected chi connectivity index (χ3v) is 3.35. The van der Waals surface area contributed by atoms with Crippen LogP contribution in [0.3, 0.4) is 0 Å². The van der Waals surface area contributed by atoms with Gasteiger partial charge in [0.25, 0.3) is 0 Å². The summed E-state index contributed by atoms with van der Waals surface area (Å²) in [5.41, 5.74) is 0.810. The summed E-state index contributed by atoms with van der Waals surface area (Å²) in [4.78, 5) is 4.16. The summed E-state index contributed by atoms with van der Waals surface area (Å²) in [6, 6.07) is 3.63. The van der Waals surface area contributed by atoms with E-state index in [-0.39, 0.29) is 18.0 Å². The van der Waals surface area contributed by atoms with Crippen molar-refractivity contribution in [3.05, 3.63) is 23.9 Å². The first kappa shape index (κ1) is 11.5. The van der Waals surface area contributed by atoms with Crippen LogP contribution in [0, 0.1) is 0 Å². The number of thioether (sulfide) groups is 1. The molecule has 0 saturated carbocycles. The van der Waals surface area contributed by atoms with Crippen molar-refractivity contribution >= 4 is 11.8 Å². The average molecular weight is 213 g/mol. The van der Waals surface area contributed by atoms with Crippen LogP contribution in [-0.2, 0) is 6.61 Å². The van der Waals surface area contributed by atoms with Gasteiger partial charge in [0.05, 0.1) is 12.7 Å². The van der Waals surface area contributed by atoms with Crippen LogP contribution in [0.1, 0.15) is 19.4 Å². The highest BCUT2D eigenvalue weighted by Crippen LogP contribution is 2.26. The molecular weight excluding hydrogens is 198 g/mol. The van der Waals surface area contributed by atoms with E-state index in [1.54, 1.807) is 19.2 Å². The lowest BCUT2D eigenvalue weighted by molar-refractivity contribution is 0.196. The van der Waals surface area contributed by atoms with Crippen molar-refractivity contribution in [2.24, 2.45) is 0 Å². The molecule has 1 rings (SSSR count). The van der Waals surface area contributed by atoms with Gasteiger partial charge >= 0.3 is 0 Å². The molecule has 0 aliphatic rings. The molecule has 0 aliphatic heterocycles. The Bertz CT molecular complexity index is 291. The molecule has 78 valence electrons. The molecule has 4 heteroatoms. The number of aromatic nitrogens is 1. The van der Waals surface area contributed by atoms with Gasteiger partial charge in [0.15, 0.2) is 0 Å². The van der Waals surface area contributed by atoms with E-state index < -0.39 is 0 Å². The quantitative estimate of drug-likeness (QED) is 0.743. The Kier molecular flexibility index (Phi) is 4.38. The maximum absolute atomic E-state index is 9.33. The van der Waals surface area contributed by atoms with Crippen molar-refractivity contribution < 1.29 is 10.2 Å². The summed E-state index contributed by atoms with van der Waals surface area (Å²) in [6.45, 7) is 3.67. The lowest BCUT2D eigenvalue weighted by Crippen LogP contribution is -2.15. The van der Waals surface area contributed by atoms with Crippen molar-refractivity contribution in [1.82, 2.24) is 4.98 Å². The standard InChI is InChI=1S/C10H15NO2S/c1-7(13)8(2)14-10-9(6-12)4-3-5-11-10/h3-5,7-8,12-13H,6H2,1-2H3. The maximum atomic E-state index is 9.33.